The molecule has 1 aromatic rings. The SMILES string of the molecule is CN(C(CN)C1CC1)S(=O)(=O)c1ccc(Cl)c(Cl)c1. The maximum Gasteiger partial charge on any atom is 0.243 e. The molecule has 1 aliphatic rings. The van der Waals surface area contributed by atoms with Crippen LogP contribution in [0.2, 0.25) is 10.0 Å². The first-order valence-corrected chi connectivity index (χ1v) is 8.20. The number of hydrogen-bond donors (Lipinski definition) is 1. The number of rotatable bonds is 5. The summed E-state index contributed by atoms with van der Waals surface area (Å²) in [7, 11) is -2.02. The first kappa shape index (κ1) is 15.1. The minimum atomic E-state index is -3.58. The predicted octanol–water partition coefficient (Wildman–Crippen LogP) is 2.35. The third kappa shape index (κ3) is 3.06. The second-order valence-electron chi connectivity index (χ2n) is 4.74. The van der Waals surface area contributed by atoms with Crippen LogP contribution < -0.4 is 5.73 Å². The zero-order chi connectivity index (χ0) is 14.2. The summed E-state index contributed by atoms with van der Waals surface area (Å²) in [4.78, 5) is 0.142. The highest BCUT2D eigenvalue weighted by atomic mass is 35.5. The van der Waals surface area contributed by atoms with Crippen LogP contribution in [0.5, 0.6) is 0 Å². The highest BCUT2D eigenvalue weighted by molar-refractivity contribution is 7.89. The van der Waals surface area contributed by atoms with Crippen molar-refractivity contribution in [1.82, 2.24) is 4.31 Å². The van der Waals surface area contributed by atoms with Crippen molar-refractivity contribution in [3.05, 3.63) is 28.2 Å². The lowest BCUT2D eigenvalue weighted by Crippen LogP contribution is -2.43. The van der Waals surface area contributed by atoms with E-state index in [1.165, 1.54) is 22.5 Å². The minimum absolute atomic E-state index is 0.142. The predicted molar refractivity (Wildman–Crippen MR) is 77.0 cm³/mol. The molecule has 19 heavy (non-hydrogen) atoms. The molecule has 106 valence electrons. The first-order chi connectivity index (χ1) is 8.87. The van der Waals surface area contributed by atoms with Gasteiger partial charge in [0.05, 0.1) is 14.9 Å². The van der Waals surface area contributed by atoms with Gasteiger partial charge in [-0.15, -0.1) is 0 Å². The molecule has 2 N–H and O–H groups in total. The van der Waals surface area contributed by atoms with Crippen LogP contribution in [0, 0.1) is 5.92 Å². The average molecular weight is 323 g/mol. The number of sulfonamides is 1. The van der Waals surface area contributed by atoms with Crippen LogP contribution >= 0.6 is 23.2 Å². The van der Waals surface area contributed by atoms with E-state index in [0.717, 1.165) is 12.8 Å². The molecule has 4 nitrogen and oxygen atoms in total. The van der Waals surface area contributed by atoms with Gasteiger partial charge in [0.25, 0.3) is 0 Å². The van der Waals surface area contributed by atoms with Crippen LogP contribution in [0.25, 0.3) is 0 Å². The van der Waals surface area contributed by atoms with Gasteiger partial charge in [-0.25, -0.2) is 8.42 Å². The standard InChI is InChI=1S/C12H16Cl2N2O2S/c1-16(12(7-15)8-2-3-8)19(17,18)9-4-5-10(13)11(14)6-9/h4-6,8,12H,2-3,7,15H2,1H3. The van der Waals surface area contributed by atoms with Crippen LogP contribution in [0.3, 0.4) is 0 Å². The molecular formula is C12H16Cl2N2O2S. The third-order valence-electron chi connectivity index (χ3n) is 3.44. The second-order valence-corrected chi connectivity index (χ2v) is 7.55. The van der Waals surface area contributed by atoms with E-state index in [1.54, 1.807) is 7.05 Å². The number of likely N-dealkylation sites (N-methyl/N-ethyl adjacent to an activating group) is 1. The Morgan fingerprint density at radius 3 is 2.47 bits per heavy atom. The van der Waals surface area contributed by atoms with Crippen molar-refractivity contribution in [2.45, 2.75) is 23.8 Å². The van der Waals surface area contributed by atoms with Crippen LogP contribution in [0.15, 0.2) is 23.1 Å². The van der Waals surface area contributed by atoms with E-state index in [1.807, 2.05) is 0 Å². The summed E-state index contributed by atoms with van der Waals surface area (Å²) < 4.78 is 26.3. The molecule has 1 unspecified atom stereocenters. The van der Waals surface area contributed by atoms with Crippen LogP contribution in [-0.4, -0.2) is 32.4 Å². The van der Waals surface area contributed by atoms with E-state index in [0.29, 0.717) is 17.5 Å². The Balaban J connectivity index is 2.32. The Labute approximate surface area is 123 Å². The Bertz CT molecular complexity index is 573. The van der Waals surface area contributed by atoms with Gasteiger partial charge in [-0.05, 0) is 37.0 Å². The van der Waals surface area contributed by atoms with E-state index in [2.05, 4.69) is 0 Å². The van der Waals surface area contributed by atoms with Crippen LogP contribution in [-0.2, 0) is 10.0 Å². The second kappa shape index (κ2) is 5.58. The number of nitrogens with zero attached hydrogens (tertiary/aromatic N) is 1. The minimum Gasteiger partial charge on any atom is -0.329 e. The lowest BCUT2D eigenvalue weighted by atomic mass is 10.2. The molecule has 0 bridgehead atoms. The molecule has 0 saturated heterocycles. The van der Waals surface area contributed by atoms with Gasteiger partial charge in [-0.3, -0.25) is 0 Å². The summed E-state index contributed by atoms with van der Waals surface area (Å²) in [5.41, 5.74) is 5.69. The fourth-order valence-electron chi connectivity index (χ4n) is 2.10. The highest BCUT2D eigenvalue weighted by Crippen LogP contribution is 2.36. The smallest absolute Gasteiger partial charge is 0.243 e. The zero-order valence-corrected chi connectivity index (χ0v) is 12.8. The molecule has 1 aliphatic carbocycles. The molecule has 1 saturated carbocycles. The fourth-order valence-corrected chi connectivity index (χ4v) is 3.92. The summed E-state index contributed by atoms with van der Waals surface area (Å²) in [6.45, 7) is 0.321. The van der Waals surface area contributed by atoms with Gasteiger partial charge in [0.15, 0.2) is 0 Å². The Morgan fingerprint density at radius 1 is 1.37 bits per heavy atom. The van der Waals surface area contributed by atoms with E-state index < -0.39 is 10.0 Å². The summed E-state index contributed by atoms with van der Waals surface area (Å²) >= 11 is 11.7. The molecule has 1 atom stereocenters. The zero-order valence-electron chi connectivity index (χ0n) is 10.5. The number of benzene rings is 1. The van der Waals surface area contributed by atoms with E-state index in [4.69, 9.17) is 28.9 Å². The molecule has 1 fully saturated rings. The van der Waals surface area contributed by atoms with E-state index in [-0.39, 0.29) is 16.0 Å². The molecule has 7 heteroatoms. The summed E-state index contributed by atoms with van der Waals surface area (Å²) in [6, 6.07) is 4.16. The Morgan fingerprint density at radius 2 is 2.00 bits per heavy atom. The molecule has 0 amide bonds. The van der Waals surface area contributed by atoms with Crippen molar-refractivity contribution in [3.8, 4) is 0 Å². The average Bonchev–Trinajstić information content (AvgIpc) is 3.17. The number of halogens is 2. The highest BCUT2D eigenvalue weighted by Gasteiger charge is 2.38. The Hall–Kier alpha value is -0.330. The molecule has 0 aromatic heterocycles. The van der Waals surface area contributed by atoms with Crippen LogP contribution in [0.1, 0.15) is 12.8 Å². The van der Waals surface area contributed by atoms with Gasteiger partial charge in [0, 0.05) is 19.6 Å². The van der Waals surface area contributed by atoms with Gasteiger partial charge in [0.2, 0.25) is 10.0 Å². The maximum atomic E-state index is 12.5. The summed E-state index contributed by atoms with van der Waals surface area (Å²) in [5.74, 6) is 0.368. The molecule has 2 rings (SSSR count). The topological polar surface area (TPSA) is 63.4 Å². The fraction of sp³-hybridized carbons (Fsp3) is 0.500. The molecule has 0 aliphatic heterocycles. The van der Waals surface area contributed by atoms with Crippen molar-refractivity contribution in [1.29, 1.82) is 0 Å². The van der Waals surface area contributed by atoms with Crippen molar-refractivity contribution in [2.24, 2.45) is 11.7 Å². The molecular weight excluding hydrogens is 307 g/mol. The van der Waals surface area contributed by atoms with Crippen molar-refractivity contribution in [3.63, 3.8) is 0 Å². The molecule has 1 aromatic carbocycles. The van der Waals surface area contributed by atoms with Crippen LogP contribution in [0.4, 0.5) is 0 Å². The largest absolute Gasteiger partial charge is 0.329 e. The number of nitrogens with two attached hydrogens (primary N) is 1. The lowest BCUT2D eigenvalue weighted by Gasteiger charge is -2.26. The van der Waals surface area contributed by atoms with Gasteiger partial charge >= 0.3 is 0 Å². The monoisotopic (exact) mass is 322 g/mol. The first-order valence-electron chi connectivity index (χ1n) is 6.01. The lowest BCUT2D eigenvalue weighted by molar-refractivity contribution is 0.340. The van der Waals surface area contributed by atoms with Gasteiger partial charge < -0.3 is 5.73 Å². The van der Waals surface area contributed by atoms with Gasteiger partial charge in [-0.1, -0.05) is 23.2 Å². The molecule has 0 spiro atoms. The molecule has 0 heterocycles. The van der Waals surface area contributed by atoms with E-state index >= 15 is 0 Å². The maximum absolute atomic E-state index is 12.5. The quantitative estimate of drug-likeness (QED) is 0.905. The van der Waals surface area contributed by atoms with E-state index in [9.17, 15) is 8.42 Å². The third-order valence-corrected chi connectivity index (χ3v) is 6.06. The van der Waals surface area contributed by atoms with Gasteiger partial charge in [-0.2, -0.15) is 4.31 Å². The summed E-state index contributed by atoms with van der Waals surface area (Å²) in [6.07, 6.45) is 2.06. The van der Waals surface area contributed by atoms with Gasteiger partial charge in [0.1, 0.15) is 0 Å². The van der Waals surface area contributed by atoms with Crippen molar-refractivity contribution >= 4 is 33.2 Å². The Kier molecular flexibility index (Phi) is 4.42. The summed E-state index contributed by atoms with van der Waals surface area (Å²) in [5, 5.41) is 0.563. The number of hydrogen-bond acceptors (Lipinski definition) is 3. The van der Waals surface area contributed by atoms with Crippen molar-refractivity contribution < 1.29 is 8.42 Å². The normalized spacial score (nSPS) is 17.7. The molecule has 0 radical (unpaired) electrons. The van der Waals surface area contributed by atoms with Crippen molar-refractivity contribution in [2.75, 3.05) is 13.6 Å².